The topological polar surface area (TPSA) is 72.6 Å². The van der Waals surface area contributed by atoms with Gasteiger partial charge in [-0.05, 0) is 38.0 Å². The Bertz CT molecular complexity index is 544. The molecule has 0 spiro atoms. The summed E-state index contributed by atoms with van der Waals surface area (Å²) in [5, 5.41) is 0. The summed E-state index contributed by atoms with van der Waals surface area (Å²) in [5.41, 5.74) is 6.84. The number of ether oxygens (including phenoxy) is 1. The van der Waals surface area contributed by atoms with Gasteiger partial charge in [0.05, 0.1) is 11.5 Å². The predicted octanol–water partition coefficient (Wildman–Crippen LogP) is 2.14. The predicted molar refractivity (Wildman–Crippen MR) is 84.6 cm³/mol. The van der Waals surface area contributed by atoms with Crippen molar-refractivity contribution in [1.29, 1.82) is 0 Å². The average molecular weight is 314 g/mol. The molecule has 1 atom stereocenters. The Morgan fingerprint density at radius 1 is 1.33 bits per heavy atom. The molecular formula is C15H26N2O3S. The van der Waals surface area contributed by atoms with E-state index >= 15 is 0 Å². The molecule has 0 radical (unpaired) electrons. The highest BCUT2D eigenvalue weighted by atomic mass is 32.2. The second kappa shape index (κ2) is 7.89. The fourth-order valence-corrected chi connectivity index (χ4v) is 3.79. The highest BCUT2D eigenvalue weighted by Gasteiger charge is 2.27. The van der Waals surface area contributed by atoms with E-state index in [1.807, 2.05) is 26.8 Å². The van der Waals surface area contributed by atoms with Crippen molar-refractivity contribution in [1.82, 2.24) is 4.31 Å². The molecule has 120 valence electrons. The minimum absolute atomic E-state index is 0.131. The molecule has 0 aliphatic carbocycles. The lowest BCUT2D eigenvalue weighted by atomic mass is 10.1. The summed E-state index contributed by atoms with van der Waals surface area (Å²) in [5.74, 6) is 0. The Balaban J connectivity index is 3.15. The van der Waals surface area contributed by atoms with Crippen molar-refractivity contribution in [2.24, 2.45) is 5.73 Å². The Hall–Kier alpha value is -0.950. The summed E-state index contributed by atoms with van der Waals surface area (Å²) in [7, 11) is -1.98. The number of benzene rings is 1. The van der Waals surface area contributed by atoms with E-state index in [2.05, 4.69) is 0 Å². The average Bonchev–Trinajstić information content (AvgIpc) is 2.46. The van der Waals surface area contributed by atoms with E-state index in [-0.39, 0.29) is 17.0 Å². The molecule has 0 bridgehead atoms. The molecule has 0 amide bonds. The van der Waals surface area contributed by atoms with E-state index in [0.29, 0.717) is 13.2 Å². The number of hydrogen-bond donors (Lipinski definition) is 1. The maximum Gasteiger partial charge on any atom is 0.243 e. The van der Waals surface area contributed by atoms with Crippen LogP contribution in [0, 0.1) is 0 Å². The monoisotopic (exact) mass is 314 g/mol. The van der Waals surface area contributed by atoms with Crippen LogP contribution in [0.25, 0.3) is 0 Å². The first-order valence-corrected chi connectivity index (χ1v) is 8.64. The number of methoxy groups -OCH3 is 1. The largest absolute Gasteiger partial charge is 0.383 e. The Morgan fingerprint density at radius 3 is 2.52 bits per heavy atom. The zero-order valence-electron chi connectivity index (χ0n) is 13.2. The van der Waals surface area contributed by atoms with Crippen LogP contribution in [0.15, 0.2) is 29.2 Å². The number of rotatable bonds is 8. The highest BCUT2D eigenvalue weighted by molar-refractivity contribution is 7.89. The first kappa shape index (κ1) is 18.1. The second-order valence-corrected chi connectivity index (χ2v) is 7.18. The SMILES string of the molecule is CCC(N)c1cccc(S(=O)(=O)N(CCOC)C(C)C)c1. The molecule has 1 rings (SSSR count). The minimum Gasteiger partial charge on any atom is -0.383 e. The molecule has 1 aromatic rings. The maximum absolute atomic E-state index is 12.8. The van der Waals surface area contributed by atoms with Crippen LogP contribution in [0.4, 0.5) is 0 Å². The summed E-state index contributed by atoms with van der Waals surface area (Å²) in [6, 6.07) is 6.62. The van der Waals surface area contributed by atoms with E-state index in [0.717, 1.165) is 12.0 Å². The van der Waals surface area contributed by atoms with Crippen LogP contribution in [0.1, 0.15) is 38.8 Å². The third-order valence-electron chi connectivity index (χ3n) is 3.42. The standard InChI is InChI=1S/C15H26N2O3S/c1-5-15(16)13-7-6-8-14(11-13)21(18,19)17(12(2)3)9-10-20-4/h6-8,11-12,15H,5,9-10,16H2,1-4H3. The molecule has 0 aromatic heterocycles. The van der Waals surface area contributed by atoms with E-state index in [9.17, 15) is 8.42 Å². The van der Waals surface area contributed by atoms with Crippen LogP contribution in [-0.4, -0.2) is 39.0 Å². The zero-order chi connectivity index (χ0) is 16.0. The number of hydrogen-bond acceptors (Lipinski definition) is 4. The first-order valence-electron chi connectivity index (χ1n) is 7.20. The highest BCUT2D eigenvalue weighted by Crippen LogP contribution is 2.22. The van der Waals surface area contributed by atoms with Gasteiger partial charge in [0.2, 0.25) is 10.0 Å². The van der Waals surface area contributed by atoms with Crippen molar-refractivity contribution in [3.63, 3.8) is 0 Å². The fraction of sp³-hybridized carbons (Fsp3) is 0.600. The minimum atomic E-state index is -3.54. The molecule has 0 saturated carbocycles. The van der Waals surface area contributed by atoms with E-state index < -0.39 is 10.0 Å². The van der Waals surface area contributed by atoms with Crippen LogP contribution in [0.3, 0.4) is 0 Å². The van der Waals surface area contributed by atoms with Gasteiger partial charge in [0, 0.05) is 25.7 Å². The van der Waals surface area contributed by atoms with Crippen LogP contribution < -0.4 is 5.73 Å². The van der Waals surface area contributed by atoms with E-state index in [1.165, 1.54) is 4.31 Å². The second-order valence-electron chi connectivity index (χ2n) is 5.29. The Morgan fingerprint density at radius 2 is 2.00 bits per heavy atom. The van der Waals surface area contributed by atoms with Gasteiger partial charge >= 0.3 is 0 Å². The van der Waals surface area contributed by atoms with Gasteiger partial charge < -0.3 is 10.5 Å². The molecule has 1 aromatic carbocycles. The molecule has 2 N–H and O–H groups in total. The third kappa shape index (κ3) is 4.51. The van der Waals surface area contributed by atoms with Crippen LogP contribution in [0.2, 0.25) is 0 Å². The van der Waals surface area contributed by atoms with Gasteiger partial charge in [0.15, 0.2) is 0 Å². The molecule has 0 saturated heterocycles. The number of nitrogens with two attached hydrogens (primary N) is 1. The lowest BCUT2D eigenvalue weighted by Gasteiger charge is -2.26. The molecule has 21 heavy (non-hydrogen) atoms. The van der Waals surface area contributed by atoms with E-state index in [1.54, 1.807) is 25.3 Å². The third-order valence-corrected chi connectivity index (χ3v) is 5.50. The van der Waals surface area contributed by atoms with Gasteiger partial charge in [-0.2, -0.15) is 4.31 Å². The van der Waals surface area contributed by atoms with Crippen molar-refractivity contribution in [3.8, 4) is 0 Å². The first-order chi connectivity index (χ1) is 9.84. The summed E-state index contributed by atoms with van der Waals surface area (Å²) < 4.78 is 32.0. The van der Waals surface area contributed by atoms with Crippen molar-refractivity contribution in [2.75, 3.05) is 20.3 Å². The van der Waals surface area contributed by atoms with Crippen molar-refractivity contribution < 1.29 is 13.2 Å². The van der Waals surface area contributed by atoms with E-state index in [4.69, 9.17) is 10.5 Å². The molecule has 0 aliphatic heterocycles. The Labute approximate surface area is 128 Å². The van der Waals surface area contributed by atoms with Crippen molar-refractivity contribution in [2.45, 2.75) is 44.2 Å². The summed E-state index contributed by atoms with van der Waals surface area (Å²) in [4.78, 5) is 0.286. The molecule has 0 heterocycles. The van der Waals surface area contributed by atoms with Crippen LogP contribution in [-0.2, 0) is 14.8 Å². The quantitative estimate of drug-likeness (QED) is 0.798. The van der Waals surface area contributed by atoms with Gasteiger partial charge in [-0.25, -0.2) is 8.42 Å². The number of sulfonamides is 1. The summed E-state index contributed by atoms with van der Waals surface area (Å²) in [6.45, 7) is 6.39. The molecule has 0 fully saturated rings. The van der Waals surface area contributed by atoms with Crippen molar-refractivity contribution in [3.05, 3.63) is 29.8 Å². The van der Waals surface area contributed by atoms with Gasteiger partial charge in [-0.15, -0.1) is 0 Å². The molecule has 5 nitrogen and oxygen atoms in total. The molecular weight excluding hydrogens is 288 g/mol. The lowest BCUT2D eigenvalue weighted by molar-refractivity contribution is 0.171. The van der Waals surface area contributed by atoms with Crippen LogP contribution in [0.5, 0.6) is 0 Å². The molecule has 6 heteroatoms. The maximum atomic E-state index is 12.8. The molecule has 1 unspecified atom stereocenters. The summed E-state index contributed by atoms with van der Waals surface area (Å²) >= 11 is 0. The smallest absolute Gasteiger partial charge is 0.243 e. The van der Waals surface area contributed by atoms with Gasteiger partial charge in [-0.1, -0.05) is 19.1 Å². The summed E-state index contributed by atoms with van der Waals surface area (Å²) in [6.07, 6.45) is 0.765. The zero-order valence-corrected chi connectivity index (χ0v) is 14.1. The van der Waals surface area contributed by atoms with Gasteiger partial charge in [0.25, 0.3) is 0 Å². The van der Waals surface area contributed by atoms with Crippen molar-refractivity contribution >= 4 is 10.0 Å². The van der Waals surface area contributed by atoms with Crippen LogP contribution >= 0.6 is 0 Å². The lowest BCUT2D eigenvalue weighted by Crippen LogP contribution is -2.39. The normalized spacial score (nSPS) is 13.9. The van der Waals surface area contributed by atoms with Gasteiger partial charge in [0.1, 0.15) is 0 Å². The molecule has 0 aliphatic rings. The van der Waals surface area contributed by atoms with Gasteiger partial charge in [-0.3, -0.25) is 0 Å². The Kier molecular flexibility index (Phi) is 6.80. The fourth-order valence-electron chi connectivity index (χ4n) is 2.11. The number of nitrogens with zero attached hydrogens (tertiary/aromatic N) is 1.